The molecule has 1 aromatic carbocycles. The van der Waals surface area contributed by atoms with Crippen molar-refractivity contribution in [3.63, 3.8) is 0 Å². The van der Waals surface area contributed by atoms with Gasteiger partial charge in [-0.3, -0.25) is 0 Å². The molecule has 0 saturated heterocycles. The van der Waals surface area contributed by atoms with Crippen LogP contribution in [0.1, 0.15) is 28.7 Å². The Morgan fingerprint density at radius 3 is 3.00 bits per heavy atom. The zero-order chi connectivity index (χ0) is 18.3. The highest BCUT2D eigenvalue weighted by Crippen LogP contribution is 2.34. The van der Waals surface area contributed by atoms with Gasteiger partial charge in [-0.1, -0.05) is 11.6 Å². The topological polar surface area (TPSA) is 78.1 Å². The van der Waals surface area contributed by atoms with E-state index in [0.29, 0.717) is 30.4 Å². The van der Waals surface area contributed by atoms with Gasteiger partial charge < -0.3 is 14.0 Å². The standard InChI is InChI=1S/C18H17ClN4O3/c1-3-26-18(24)17-15-7-11-13(8-25-2)21-22-16(11)12-6-10(19)4-5-14(12)23(15)9-20-17/h4-6,9,11H,3,7-8H2,1-2H3. The molecular weight excluding hydrogens is 356 g/mol. The summed E-state index contributed by atoms with van der Waals surface area (Å²) in [7, 11) is 1.62. The number of rotatable bonds is 4. The number of hydrogen-bond acceptors (Lipinski definition) is 6. The molecule has 0 spiro atoms. The van der Waals surface area contributed by atoms with E-state index in [2.05, 4.69) is 15.2 Å². The largest absolute Gasteiger partial charge is 0.461 e. The molecule has 1 atom stereocenters. The highest BCUT2D eigenvalue weighted by molar-refractivity contribution is 6.31. The second kappa shape index (κ2) is 6.66. The fourth-order valence-corrected chi connectivity index (χ4v) is 3.58. The number of benzene rings is 1. The Hall–Kier alpha value is -2.51. The van der Waals surface area contributed by atoms with Crippen LogP contribution in [0.2, 0.25) is 5.02 Å². The molecule has 0 fully saturated rings. The van der Waals surface area contributed by atoms with E-state index in [1.165, 1.54) is 0 Å². The second-order valence-corrected chi connectivity index (χ2v) is 6.49. The molecule has 0 aliphatic carbocycles. The van der Waals surface area contributed by atoms with Crippen molar-refractivity contribution in [2.75, 3.05) is 20.3 Å². The van der Waals surface area contributed by atoms with Gasteiger partial charge in [0, 0.05) is 24.1 Å². The molecule has 3 heterocycles. The third kappa shape index (κ3) is 2.64. The lowest BCUT2D eigenvalue weighted by Crippen LogP contribution is -2.26. The monoisotopic (exact) mass is 372 g/mol. The van der Waals surface area contributed by atoms with Gasteiger partial charge in [0.05, 0.1) is 41.9 Å². The van der Waals surface area contributed by atoms with Crippen LogP contribution >= 0.6 is 11.6 Å². The predicted molar refractivity (Wildman–Crippen MR) is 97.6 cm³/mol. The highest BCUT2D eigenvalue weighted by Gasteiger charge is 2.36. The summed E-state index contributed by atoms with van der Waals surface area (Å²) >= 11 is 6.23. The van der Waals surface area contributed by atoms with Gasteiger partial charge in [0.25, 0.3) is 0 Å². The van der Waals surface area contributed by atoms with Crippen molar-refractivity contribution in [2.24, 2.45) is 16.1 Å². The van der Waals surface area contributed by atoms with Gasteiger partial charge in [0.15, 0.2) is 5.69 Å². The number of nitrogens with zero attached hydrogens (tertiary/aromatic N) is 4. The van der Waals surface area contributed by atoms with Crippen LogP contribution in [-0.4, -0.2) is 47.3 Å². The minimum absolute atomic E-state index is 0.0988. The Balaban J connectivity index is 1.89. The molecule has 7 nitrogen and oxygen atoms in total. The maximum Gasteiger partial charge on any atom is 0.358 e. The zero-order valence-corrected chi connectivity index (χ0v) is 15.2. The molecular formula is C18H17ClN4O3. The van der Waals surface area contributed by atoms with E-state index in [1.807, 2.05) is 16.7 Å². The summed E-state index contributed by atoms with van der Waals surface area (Å²) in [5, 5.41) is 9.30. The van der Waals surface area contributed by atoms with Gasteiger partial charge in [0.1, 0.15) is 6.33 Å². The van der Waals surface area contributed by atoms with Gasteiger partial charge in [0.2, 0.25) is 0 Å². The second-order valence-electron chi connectivity index (χ2n) is 6.06. The molecule has 0 amide bonds. The molecule has 4 rings (SSSR count). The average Bonchev–Trinajstić information content (AvgIpc) is 3.18. The first-order valence-corrected chi connectivity index (χ1v) is 8.68. The summed E-state index contributed by atoms with van der Waals surface area (Å²) in [6.07, 6.45) is 2.17. The number of fused-ring (bicyclic) bond motifs is 5. The van der Waals surface area contributed by atoms with Crippen molar-refractivity contribution in [3.05, 3.63) is 46.5 Å². The smallest absolute Gasteiger partial charge is 0.358 e. The molecule has 1 unspecified atom stereocenters. The number of aromatic nitrogens is 2. The molecule has 0 bridgehead atoms. The van der Waals surface area contributed by atoms with Crippen molar-refractivity contribution >= 4 is 29.0 Å². The van der Waals surface area contributed by atoms with E-state index in [1.54, 1.807) is 26.4 Å². The molecule has 26 heavy (non-hydrogen) atoms. The molecule has 2 aromatic rings. The van der Waals surface area contributed by atoms with Crippen molar-refractivity contribution in [1.82, 2.24) is 9.55 Å². The first-order valence-electron chi connectivity index (χ1n) is 8.31. The van der Waals surface area contributed by atoms with Gasteiger partial charge in [-0.2, -0.15) is 10.2 Å². The Kier molecular flexibility index (Phi) is 4.34. The fraction of sp³-hybridized carbons (Fsp3) is 0.333. The quantitative estimate of drug-likeness (QED) is 0.773. The maximum atomic E-state index is 12.4. The maximum absolute atomic E-state index is 12.4. The minimum atomic E-state index is -0.430. The van der Waals surface area contributed by atoms with E-state index in [9.17, 15) is 4.79 Å². The third-order valence-corrected chi connectivity index (χ3v) is 4.77. The number of carbonyl (C=O) groups is 1. The van der Waals surface area contributed by atoms with E-state index < -0.39 is 5.97 Å². The number of ether oxygens (including phenoxy) is 2. The van der Waals surface area contributed by atoms with Gasteiger partial charge in [-0.15, -0.1) is 0 Å². The van der Waals surface area contributed by atoms with Crippen molar-refractivity contribution in [1.29, 1.82) is 0 Å². The van der Waals surface area contributed by atoms with Crippen LogP contribution < -0.4 is 0 Å². The molecule has 0 saturated carbocycles. The number of methoxy groups -OCH3 is 1. The molecule has 0 N–H and O–H groups in total. The number of imidazole rings is 1. The summed E-state index contributed by atoms with van der Waals surface area (Å²) in [4.78, 5) is 16.7. The molecule has 134 valence electrons. The predicted octanol–water partition coefficient (Wildman–Crippen LogP) is 2.68. The SMILES string of the molecule is CCOC(=O)c1ncn2c1CC1C(COC)=NN=C1c1cc(Cl)ccc1-2. The van der Waals surface area contributed by atoms with Crippen molar-refractivity contribution in [3.8, 4) is 5.69 Å². The summed E-state index contributed by atoms with van der Waals surface area (Å²) in [6.45, 7) is 2.44. The number of hydrogen-bond donors (Lipinski definition) is 0. The fourth-order valence-electron chi connectivity index (χ4n) is 3.41. The summed E-state index contributed by atoms with van der Waals surface area (Å²) in [6, 6.07) is 5.57. The van der Waals surface area contributed by atoms with Gasteiger partial charge in [-0.05, 0) is 25.1 Å². The Morgan fingerprint density at radius 2 is 2.23 bits per heavy atom. The normalized spacial score (nSPS) is 17.6. The van der Waals surface area contributed by atoms with E-state index in [-0.39, 0.29) is 5.92 Å². The van der Waals surface area contributed by atoms with Crippen LogP contribution in [0.3, 0.4) is 0 Å². The zero-order valence-electron chi connectivity index (χ0n) is 14.4. The molecule has 2 aliphatic heterocycles. The lowest BCUT2D eigenvalue weighted by molar-refractivity contribution is 0.0518. The first-order chi connectivity index (χ1) is 12.6. The van der Waals surface area contributed by atoms with Crippen molar-refractivity contribution < 1.29 is 14.3 Å². The number of carbonyl (C=O) groups excluding carboxylic acids is 1. The first kappa shape index (κ1) is 16.9. The van der Waals surface area contributed by atoms with Crippen LogP contribution in [0, 0.1) is 5.92 Å². The van der Waals surface area contributed by atoms with E-state index in [0.717, 1.165) is 28.4 Å². The van der Waals surface area contributed by atoms with Gasteiger partial charge >= 0.3 is 5.97 Å². The molecule has 1 aromatic heterocycles. The Morgan fingerprint density at radius 1 is 1.38 bits per heavy atom. The number of halogens is 1. The lowest BCUT2D eigenvalue weighted by Gasteiger charge is -2.13. The minimum Gasteiger partial charge on any atom is -0.461 e. The van der Waals surface area contributed by atoms with E-state index >= 15 is 0 Å². The van der Waals surface area contributed by atoms with Crippen molar-refractivity contribution in [2.45, 2.75) is 13.3 Å². The molecule has 0 radical (unpaired) electrons. The molecule has 2 aliphatic rings. The Bertz CT molecular complexity index is 948. The summed E-state index contributed by atoms with van der Waals surface area (Å²) in [5.41, 5.74) is 4.48. The third-order valence-electron chi connectivity index (χ3n) is 4.54. The summed E-state index contributed by atoms with van der Waals surface area (Å²) < 4.78 is 12.3. The highest BCUT2D eigenvalue weighted by atomic mass is 35.5. The van der Waals surface area contributed by atoms with Gasteiger partial charge in [-0.25, -0.2) is 9.78 Å². The number of esters is 1. The molecule has 8 heteroatoms. The lowest BCUT2D eigenvalue weighted by atomic mass is 9.89. The van der Waals surface area contributed by atoms with Crippen LogP contribution in [-0.2, 0) is 15.9 Å². The average molecular weight is 373 g/mol. The van der Waals surface area contributed by atoms with Crippen LogP contribution in [0.15, 0.2) is 34.7 Å². The van der Waals surface area contributed by atoms with Crippen LogP contribution in [0.25, 0.3) is 5.69 Å². The summed E-state index contributed by atoms with van der Waals surface area (Å²) in [5.74, 6) is -0.529. The van der Waals surface area contributed by atoms with Crippen LogP contribution in [0.5, 0.6) is 0 Å². The van der Waals surface area contributed by atoms with Crippen LogP contribution in [0.4, 0.5) is 0 Å². The van der Waals surface area contributed by atoms with E-state index in [4.69, 9.17) is 21.1 Å². The Labute approximate surface area is 155 Å².